The average molecular weight is 506 g/mol. The van der Waals surface area contributed by atoms with E-state index in [1.54, 1.807) is 0 Å². The predicted octanol–water partition coefficient (Wildman–Crippen LogP) is 6.93. The topological polar surface area (TPSA) is 9.23 Å². The van der Waals surface area contributed by atoms with E-state index in [1.165, 1.54) is 11.1 Å². The lowest BCUT2D eigenvalue weighted by Gasteiger charge is -2.14. The minimum atomic E-state index is 0.540. The zero-order valence-electron chi connectivity index (χ0n) is 12.8. The average Bonchev–Trinajstić information content (AvgIpc) is 2.42. The Morgan fingerprint density at radius 2 is 1.10 bits per heavy atom. The standard InChI is InChI=1S/C18H20I2O/c1-11(2)13-5-7-17(15(19)9-13)21-18-8-6-14(12(3)4)10-16(18)20/h5-12H,1-4H3. The van der Waals surface area contributed by atoms with Gasteiger partial charge in [0, 0.05) is 0 Å². The molecule has 0 amide bonds. The highest BCUT2D eigenvalue weighted by atomic mass is 127. The molecule has 21 heavy (non-hydrogen) atoms. The summed E-state index contributed by atoms with van der Waals surface area (Å²) in [6, 6.07) is 12.9. The summed E-state index contributed by atoms with van der Waals surface area (Å²) in [5, 5.41) is 0. The van der Waals surface area contributed by atoms with Crippen LogP contribution in [0.15, 0.2) is 36.4 Å². The van der Waals surface area contributed by atoms with Gasteiger partial charge in [0.1, 0.15) is 11.5 Å². The van der Waals surface area contributed by atoms with Gasteiger partial charge in [0.05, 0.1) is 7.14 Å². The molecule has 3 heteroatoms. The Balaban J connectivity index is 2.26. The Morgan fingerprint density at radius 3 is 1.38 bits per heavy atom. The fourth-order valence-electron chi connectivity index (χ4n) is 2.04. The first kappa shape index (κ1) is 17.1. The van der Waals surface area contributed by atoms with Gasteiger partial charge < -0.3 is 4.74 Å². The van der Waals surface area contributed by atoms with Gasteiger partial charge in [-0.2, -0.15) is 0 Å². The predicted molar refractivity (Wildman–Crippen MR) is 107 cm³/mol. The molecule has 1 nitrogen and oxygen atoms in total. The maximum absolute atomic E-state index is 6.09. The summed E-state index contributed by atoms with van der Waals surface area (Å²) in [6.07, 6.45) is 0. The highest BCUT2D eigenvalue weighted by Crippen LogP contribution is 2.33. The third-order valence-electron chi connectivity index (χ3n) is 3.47. The van der Waals surface area contributed by atoms with Gasteiger partial charge in [-0.15, -0.1) is 0 Å². The van der Waals surface area contributed by atoms with E-state index in [0.29, 0.717) is 11.8 Å². The fourth-order valence-corrected chi connectivity index (χ4v) is 3.34. The van der Waals surface area contributed by atoms with Gasteiger partial charge >= 0.3 is 0 Å². The highest BCUT2D eigenvalue weighted by Gasteiger charge is 2.10. The summed E-state index contributed by atoms with van der Waals surface area (Å²) in [4.78, 5) is 0. The van der Waals surface area contributed by atoms with Crippen LogP contribution in [-0.2, 0) is 0 Å². The number of hydrogen-bond donors (Lipinski definition) is 0. The Morgan fingerprint density at radius 1 is 0.714 bits per heavy atom. The lowest BCUT2D eigenvalue weighted by Crippen LogP contribution is -1.95. The Bertz CT molecular complexity index is 578. The first-order chi connectivity index (χ1) is 9.88. The van der Waals surface area contributed by atoms with Crippen molar-refractivity contribution in [2.24, 2.45) is 0 Å². The molecule has 0 saturated carbocycles. The molecule has 2 aromatic carbocycles. The van der Waals surface area contributed by atoms with Gasteiger partial charge in [-0.25, -0.2) is 0 Å². The van der Waals surface area contributed by atoms with Crippen molar-refractivity contribution < 1.29 is 4.74 Å². The SMILES string of the molecule is CC(C)c1ccc(Oc2ccc(C(C)C)cc2I)c(I)c1. The molecular formula is C18H20I2O. The largest absolute Gasteiger partial charge is 0.455 e. The summed E-state index contributed by atoms with van der Waals surface area (Å²) >= 11 is 4.70. The zero-order valence-corrected chi connectivity index (χ0v) is 17.1. The van der Waals surface area contributed by atoms with E-state index in [-0.39, 0.29) is 0 Å². The van der Waals surface area contributed by atoms with Crippen molar-refractivity contribution in [3.63, 3.8) is 0 Å². The lowest BCUT2D eigenvalue weighted by molar-refractivity contribution is 0.475. The Labute approximate surface area is 154 Å². The molecule has 0 aromatic heterocycles. The quantitative estimate of drug-likeness (QED) is 0.409. The summed E-state index contributed by atoms with van der Waals surface area (Å²) in [6.45, 7) is 8.83. The first-order valence-electron chi connectivity index (χ1n) is 7.15. The van der Waals surface area contributed by atoms with Crippen molar-refractivity contribution in [2.75, 3.05) is 0 Å². The molecule has 112 valence electrons. The number of hydrogen-bond acceptors (Lipinski definition) is 1. The number of benzene rings is 2. The number of halogens is 2. The number of ether oxygens (including phenoxy) is 1. The minimum absolute atomic E-state index is 0.540. The van der Waals surface area contributed by atoms with Crippen molar-refractivity contribution >= 4 is 45.2 Å². The van der Waals surface area contributed by atoms with Crippen LogP contribution in [0.25, 0.3) is 0 Å². The summed E-state index contributed by atoms with van der Waals surface area (Å²) in [5.41, 5.74) is 2.69. The molecule has 0 saturated heterocycles. The zero-order chi connectivity index (χ0) is 15.6. The normalized spacial score (nSPS) is 11.2. The van der Waals surface area contributed by atoms with Crippen molar-refractivity contribution in [3.05, 3.63) is 54.7 Å². The molecule has 0 fully saturated rings. The summed E-state index contributed by atoms with van der Waals surface area (Å²) in [7, 11) is 0. The second kappa shape index (κ2) is 7.31. The summed E-state index contributed by atoms with van der Waals surface area (Å²) in [5.74, 6) is 2.93. The van der Waals surface area contributed by atoms with Crippen LogP contribution in [0.2, 0.25) is 0 Å². The molecule has 0 aliphatic carbocycles. The second-order valence-corrected chi connectivity index (χ2v) is 8.12. The maximum Gasteiger partial charge on any atom is 0.140 e. The van der Waals surface area contributed by atoms with Crippen LogP contribution in [-0.4, -0.2) is 0 Å². The van der Waals surface area contributed by atoms with Gasteiger partial charge in [-0.3, -0.25) is 0 Å². The van der Waals surface area contributed by atoms with E-state index in [4.69, 9.17) is 4.74 Å². The monoisotopic (exact) mass is 506 g/mol. The number of rotatable bonds is 4. The molecule has 0 spiro atoms. The van der Waals surface area contributed by atoms with E-state index in [2.05, 4.69) is 109 Å². The summed E-state index contributed by atoms with van der Waals surface area (Å²) < 4.78 is 8.40. The lowest BCUT2D eigenvalue weighted by atomic mass is 10.0. The van der Waals surface area contributed by atoms with E-state index in [1.807, 2.05) is 0 Å². The van der Waals surface area contributed by atoms with Crippen LogP contribution in [0.1, 0.15) is 50.7 Å². The molecule has 0 N–H and O–H groups in total. The van der Waals surface area contributed by atoms with Crippen LogP contribution in [0, 0.1) is 7.14 Å². The van der Waals surface area contributed by atoms with Crippen molar-refractivity contribution in [1.29, 1.82) is 0 Å². The van der Waals surface area contributed by atoms with Crippen LogP contribution >= 0.6 is 45.2 Å². The molecule has 0 atom stereocenters. The minimum Gasteiger partial charge on any atom is -0.455 e. The Hall–Kier alpha value is -0.300. The van der Waals surface area contributed by atoms with E-state index >= 15 is 0 Å². The van der Waals surface area contributed by atoms with Gasteiger partial charge in [-0.05, 0) is 92.4 Å². The van der Waals surface area contributed by atoms with Crippen molar-refractivity contribution in [1.82, 2.24) is 0 Å². The molecule has 0 heterocycles. The molecular weight excluding hydrogens is 486 g/mol. The van der Waals surface area contributed by atoms with Gasteiger partial charge in [0.15, 0.2) is 0 Å². The van der Waals surface area contributed by atoms with Crippen LogP contribution in [0.4, 0.5) is 0 Å². The van der Waals surface area contributed by atoms with Gasteiger partial charge in [0.25, 0.3) is 0 Å². The van der Waals surface area contributed by atoms with Crippen LogP contribution in [0.3, 0.4) is 0 Å². The maximum atomic E-state index is 6.09. The Kier molecular flexibility index (Phi) is 5.94. The van der Waals surface area contributed by atoms with Crippen LogP contribution < -0.4 is 4.74 Å². The molecule has 0 aliphatic heterocycles. The van der Waals surface area contributed by atoms with E-state index < -0.39 is 0 Å². The molecule has 0 bridgehead atoms. The first-order valence-corrected chi connectivity index (χ1v) is 9.31. The third kappa shape index (κ3) is 4.34. The molecule has 0 aliphatic rings. The molecule has 2 rings (SSSR count). The van der Waals surface area contributed by atoms with Gasteiger partial charge in [-0.1, -0.05) is 39.8 Å². The van der Waals surface area contributed by atoms with E-state index in [0.717, 1.165) is 18.6 Å². The van der Waals surface area contributed by atoms with Gasteiger partial charge in [0.2, 0.25) is 0 Å². The highest BCUT2D eigenvalue weighted by molar-refractivity contribution is 14.1. The fraction of sp³-hybridized carbons (Fsp3) is 0.333. The van der Waals surface area contributed by atoms with Crippen molar-refractivity contribution in [3.8, 4) is 11.5 Å². The third-order valence-corrected chi connectivity index (χ3v) is 5.15. The molecule has 0 unspecified atom stereocenters. The second-order valence-electron chi connectivity index (χ2n) is 5.79. The smallest absolute Gasteiger partial charge is 0.140 e. The molecule has 2 aromatic rings. The molecule has 0 radical (unpaired) electrons. The van der Waals surface area contributed by atoms with Crippen LogP contribution in [0.5, 0.6) is 11.5 Å². The van der Waals surface area contributed by atoms with E-state index in [9.17, 15) is 0 Å². The van der Waals surface area contributed by atoms with Crippen molar-refractivity contribution in [2.45, 2.75) is 39.5 Å².